The van der Waals surface area contributed by atoms with Crippen molar-refractivity contribution in [3.8, 4) is 0 Å². The minimum Gasteiger partial charge on any atom is -0.379 e. The van der Waals surface area contributed by atoms with E-state index >= 15 is 0 Å². The van der Waals surface area contributed by atoms with Crippen molar-refractivity contribution in [2.45, 2.75) is 12.0 Å². The second kappa shape index (κ2) is 4.19. The first-order valence-electron chi connectivity index (χ1n) is 5.18. The highest BCUT2D eigenvalue weighted by Gasteiger charge is 2.40. The van der Waals surface area contributed by atoms with Crippen molar-refractivity contribution in [3.63, 3.8) is 0 Å². The van der Waals surface area contributed by atoms with Gasteiger partial charge in [-0.05, 0) is 18.6 Å². The maximum atomic E-state index is 12.2. The number of hydrogen-bond acceptors (Lipinski definition) is 4. The lowest BCUT2D eigenvalue weighted by molar-refractivity contribution is -0.123. The van der Waals surface area contributed by atoms with Gasteiger partial charge in [0.1, 0.15) is 5.54 Å². The number of hydrogen-bond donors (Lipinski definition) is 1. The molecule has 0 bridgehead atoms. The highest BCUT2D eigenvalue weighted by Crippen LogP contribution is 2.21. The summed E-state index contributed by atoms with van der Waals surface area (Å²) in [5, 5.41) is 0. The number of carbonyl (C=O) groups excluding carboxylic acids is 1. The lowest BCUT2D eigenvalue weighted by Gasteiger charge is -2.27. The SMILES string of the molecule is CN(C(=O)C1(N)CCOC1)c1cccnc1. The molecule has 0 aromatic carbocycles. The van der Waals surface area contributed by atoms with E-state index in [4.69, 9.17) is 10.5 Å². The van der Waals surface area contributed by atoms with Crippen molar-refractivity contribution in [2.75, 3.05) is 25.2 Å². The Hall–Kier alpha value is -1.46. The van der Waals surface area contributed by atoms with Crippen molar-refractivity contribution < 1.29 is 9.53 Å². The third kappa shape index (κ3) is 1.91. The highest BCUT2D eigenvalue weighted by atomic mass is 16.5. The van der Waals surface area contributed by atoms with Gasteiger partial charge in [-0.2, -0.15) is 0 Å². The summed E-state index contributed by atoms with van der Waals surface area (Å²) in [7, 11) is 1.70. The molecule has 1 aliphatic heterocycles. The molecule has 1 aromatic heterocycles. The molecule has 1 amide bonds. The Balaban J connectivity index is 2.16. The lowest BCUT2D eigenvalue weighted by Crippen LogP contribution is -2.55. The van der Waals surface area contributed by atoms with E-state index in [2.05, 4.69) is 4.98 Å². The Kier molecular flexibility index (Phi) is 2.89. The summed E-state index contributed by atoms with van der Waals surface area (Å²) in [6.07, 6.45) is 3.87. The van der Waals surface area contributed by atoms with Gasteiger partial charge in [0, 0.05) is 19.9 Å². The van der Waals surface area contributed by atoms with Gasteiger partial charge < -0.3 is 15.4 Å². The van der Waals surface area contributed by atoms with Crippen LogP contribution in [-0.4, -0.2) is 36.7 Å². The van der Waals surface area contributed by atoms with E-state index in [1.807, 2.05) is 6.07 Å². The molecule has 0 aliphatic carbocycles. The molecule has 1 unspecified atom stereocenters. The van der Waals surface area contributed by atoms with Crippen LogP contribution in [0.25, 0.3) is 0 Å². The average molecular weight is 221 g/mol. The molecule has 86 valence electrons. The number of nitrogens with two attached hydrogens (primary N) is 1. The Morgan fingerprint density at radius 1 is 1.69 bits per heavy atom. The zero-order valence-electron chi connectivity index (χ0n) is 9.22. The number of nitrogens with zero attached hydrogens (tertiary/aromatic N) is 2. The van der Waals surface area contributed by atoms with E-state index in [-0.39, 0.29) is 12.5 Å². The molecule has 1 atom stereocenters. The van der Waals surface area contributed by atoms with Crippen molar-refractivity contribution in [2.24, 2.45) is 5.73 Å². The van der Waals surface area contributed by atoms with Crippen molar-refractivity contribution in [1.29, 1.82) is 0 Å². The molecule has 2 rings (SSSR count). The monoisotopic (exact) mass is 221 g/mol. The summed E-state index contributed by atoms with van der Waals surface area (Å²) < 4.78 is 5.18. The predicted octanol–water partition coefficient (Wildman–Crippen LogP) is 0.162. The molecular formula is C11H15N3O2. The van der Waals surface area contributed by atoms with Crippen LogP contribution >= 0.6 is 0 Å². The zero-order chi connectivity index (χ0) is 11.6. The molecule has 5 heteroatoms. The standard InChI is InChI=1S/C11H15N3O2/c1-14(9-3-2-5-13-7-9)10(15)11(12)4-6-16-8-11/h2-3,5,7H,4,6,8,12H2,1H3. The van der Waals surface area contributed by atoms with Crippen LogP contribution < -0.4 is 10.6 Å². The molecule has 1 aromatic rings. The fourth-order valence-corrected chi connectivity index (χ4v) is 1.75. The number of pyridine rings is 1. The molecule has 16 heavy (non-hydrogen) atoms. The summed E-state index contributed by atoms with van der Waals surface area (Å²) in [5.41, 5.74) is 5.86. The van der Waals surface area contributed by atoms with Gasteiger partial charge in [-0.25, -0.2) is 0 Å². The van der Waals surface area contributed by atoms with Gasteiger partial charge in [0.15, 0.2) is 0 Å². The highest BCUT2D eigenvalue weighted by molar-refractivity contribution is 5.99. The van der Waals surface area contributed by atoms with Crippen molar-refractivity contribution >= 4 is 11.6 Å². The number of carbonyl (C=O) groups is 1. The predicted molar refractivity (Wildman–Crippen MR) is 60.0 cm³/mol. The van der Waals surface area contributed by atoms with Crippen LogP contribution in [0.3, 0.4) is 0 Å². The van der Waals surface area contributed by atoms with Gasteiger partial charge in [0.2, 0.25) is 5.91 Å². The molecule has 0 spiro atoms. The van der Waals surface area contributed by atoms with E-state index in [9.17, 15) is 4.79 Å². The Morgan fingerprint density at radius 3 is 3.06 bits per heavy atom. The van der Waals surface area contributed by atoms with E-state index in [1.54, 1.807) is 25.5 Å². The van der Waals surface area contributed by atoms with Crippen molar-refractivity contribution in [1.82, 2.24) is 4.98 Å². The topological polar surface area (TPSA) is 68.5 Å². The van der Waals surface area contributed by atoms with Crippen LogP contribution in [0.4, 0.5) is 5.69 Å². The molecule has 1 saturated heterocycles. The number of likely N-dealkylation sites (N-methyl/N-ethyl adjacent to an activating group) is 1. The first kappa shape index (κ1) is 11.0. The second-order valence-corrected chi connectivity index (χ2v) is 4.03. The summed E-state index contributed by atoms with van der Waals surface area (Å²) >= 11 is 0. The largest absolute Gasteiger partial charge is 0.379 e. The summed E-state index contributed by atoms with van der Waals surface area (Å²) in [6, 6.07) is 3.61. The van der Waals surface area contributed by atoms with E-state index in [1.165, 1.54) is 4.90 Å². The van der Waals surface area contributed by atoms with E-state index in [0.29, 0.717) is 13.0 Å². The lowest BCUT2D eigenvalue weighted by atomic mass is 9.98. The van der Waals surface area contributed by atoms with E-state index < -0.39 is 5.54 Å². The first-order valence-corrected chi connectivity index (χ1v) is 5.18. The molecule has 1 aliphatic rings. The smallest absolute Gasteiger partial charge is 0.249 e. The summed E-state index contributed by atoms with van der Waals surface area (Å²) in [6.45, 7) is 0.833. The molecule has 1 fully saturated rings. The van der Waals surface area contributed by atoms with Crippen LogP contribution in [0.2, 0.25) is 0 Å². The number of ether oxygens (including phenoxy) is 1. The van der Waals surface area contributed by atoms with Gasteiger partial charge in [0.25, 0.3) is 0 Å². The number of rotatable bonds is 2. The maximum absolute atomic E-state index is 12.2. The Bertz CT molecular complexity index is 374. The third-order valence-electron chi connectivity index (χ3n) is 2.82. The van der Waals surface area contributed by atoms with E-state index in [0.717, 1.165) is 5.69 Å². The summed E-state index contributed by atoms with van der Waals surface area (Å²) in [4.78, 5) is 17.7. The number of aromatic nitrogens is 1. The number of anilines is 1. The van der Waals surface area contributed by atoms with Gasteiger partial charge in [-0.1, -0.05) is 0 Å². The normalized spacial score (nSPS) is 24.4. The van der Waals surface area contributed by atoms with Crippen LogP contribution in [0.15, 0.2) is 24.5 Å². The number of amides is 1. The fraction of sp³-hybridized carbons (Fsp3) is 0.455. The minimum atomic E-state index is -0.884. The zero-order valence-corrected chi connectivity index (χ0v) is 9.22. The van der Waals surface area contributed by atoms with Crippen LogP contribution in [0.1, 0.15) is 6.42 Å². The van der Waals surface area contributed by atoms with Crippen molar-refractivity contribution in [3.05, 3.63) is 24.5 Å². The Labute approximate surface area is 94.2 Å². The molecule has 2 N–H and O–H groups in total. The molecule has 5 nitrogen and oxygen atoms in total. The van der Waals surface area contributed by atoms with Crippen LogP contribution in [-0.2, 0) is 9.53 Å². The van der Waals surface area contributed by atoms with Crippen LogP contribution in [0.5, 0.6) is 0 Å². The summed E-state index contributed by atoms with van der Waals surface area (Å²) in [5.74, 6) is -0.127. The Morgan fingerprint density at radius 2 is 2.50 bits per heavy atom. The van der Waals surface area contributed by atoms with Gasteiger partial charge >= 0.3 is 0 Å². The van der Waals surface area contributed by atoms with Gasteiger partial charge in [-0.15, -0.1) is 0 Å². The fourth-order valence-electron chi connectivity index (χ4n) is 1.75. The van der Waals surface area contributed by atoms with Crippen LogP contribution in [0, 0.1) is 0 Å². The average Bonchev–Trinajstić information content (AvgIpc) is 2.77. The molecule has 0 radical (unpaired) electrons. The van der Waals surface area contributed by atoms with Gasteiger partial charge in [-0.3, -0.25) is 9.78 Å². The van der Waals surface area contributed by atoms with Gasteiger partial charge in [0.05, 0.1) is 18.5 Å². The maximum Gasteiger partial charge on any atom is 0.249 e. The third-order valence-corrected chi connectivity index (χ3v) is 2.82. The molecule has 2 heterocycles. The molecule has 0 saturated carbocycles. The second-order valence-electron chi connectivity index (χ2n) is 4.03. The molecular weight excluding hydrogens is 206 g/mol. The minimum absolute atomic E-state index is 0.127. The quantitative estimate of drug-likeness (QED) is 0.772. The first-order chi connectivity index (χ1) is 7.63.